The lowest BCUT2D eigenvalue weighted by atomic mass is 9.92. The van der Waals surface area contributed by atoms with Crippen LogP contribution in [0.4, 0.5) is 13.2 Å². The van der Waals surface area contributed by atoms with Gasteiger partial charge in [0.25, 0.3) is 5.92 Å². The van der Waals surface area contributed by atoms with Crippen molar-refractivity contribution in [3.63, 3.8) is 0 Å². The van der Waals surface area contributed by atoms with Crippen LogP contribution in [0.15, 0.2) is 18.2 Å². The van der Waals surface area contributed by atoms with Crippen LogP contribution < -0.4 is 10.1 Å². The Morgan fingerprint density at radius 3 is 2.61 bits per heavy atom. The van der Waals surface area contributed by atoms with Crippen LogP contribution in [0.1, 0.15) is 44.1 Å². The predicted octanol–water partition coefficient (Wildman–Crippen LogP) is 3.78. The number of carbonyl (C=O) groups excluding carboxylic acids is 1. The van der Waals surface area contributed by atoms with Crippen molar-refractivity contribution >= 4 is 5.91 Å². The first-order valence-corrected chi connectivity index (χ1v) is 10.2. The lowest BCUT2D eigenvalue weighted by Crippen LogP contribution is -2.58. The number of piperidine rings is 1. The van der Waals surface area contributed by atoms with Crippen LogP contribution in [-0.2, 0) is 11.2 Å². The second-order valence-corrected chi connectivity index (χ2v) is 7.93. The number of likely N-dealkylation sites (tertiary alicyclic amines) is 1. The van der Waals surface area contributed by atoms with Gasteiger partial charge in [0.05, 0.1) is 26.1 Å². The Labute approximate surface area is 164 Å². The molecule has 1 N–H and O–H groups in total. The highest BCUT2D eigenvalue weighted by atomic mass is 19.3. The van der Waals surface area contributed by atoms with Gasteiger partial charge in [-0.15, -0.1) is 0 Å². The zero-order valence-electron chi connectivity index (χ0n) is 16.2. The molecule has 2 heterocycles. The standard InChI is InChI=1S/C21H29F3N2O2/c22-19-13-18(28-11-3-1-2-4-16-7-9-25-10-8-16)6-5-17(19)12-20(27)26-14-21(23,24)15-26/h5-6,13,16,25H,1-4,7-12,14-15H2. The van der Waals surface area contributed by atoms with E-state index in [0.717, 1.165) is 36.7 Å². The molecule has 28 heavy (non-hydrogen) atoms. The third-order valence-electron chi connectivity index (χ3n) is 5.55. The number of hydrogen-bond acceptors (Lipinski definition) is 3. The van der Waals surface area contributed by atoms with Gasteiger partial charge >= 0.3 is 0 Å². The van der Waals surface area contributed by atoms with Crippen molar-refractivity contribution in [1.29, 1.82) is 0 Å². The summed E-state index contributed by atoms with van der Waals surface area (Å²) in [5.41, 5.74) is 0.203. The molecule has 2 saturated heterocycles. The van der Waals surface area contributed by atoms with Gasteiger partial charge in [-0.3, -0.25) is 4.79 Å². The zero-order chi connectivity index (χ0) is 20.0. The van der Waals surface area contributed by atoms with Gasteiger partial charge in [-0.1, -0.05) is 25.3 Å². The van der Waals surface area contributed by atoms with E-state index in [-0.39, 0.29) is 12.0 Å². The van der Waals surface area contributed by atoms with Crippen LogP contribution in [0.3, 0.4) is 0 Å². The lowest BCUT2D eigenvalue weighted by Gasteiger charge is -2.38. The average molecular weight is 398 g/mol. The number of nitrogens with one attached hydrogen (secondary N) is 1. The third-order valence-corrected chi connectivity index (χ3v) is 5.55. The van der Waals surface area contributed by atoms with Gasteiger partial charge in [0, 0.05) is 6.07 Å². The molecule has 0 saturated carbocycles. The summed E-state index contributed by atoms with van der Waals surface area (Å²) >= 11 is 0. The average Bonchev–Trinajstić information content (AvgIpc) is 2.65. The predicted molar refractivity (Wildman–Crippen MR) is 101 cm³/mol. The number of unbranched alkanes of at least 4 members (excludes halogenated alkanes) is 2. The summed E-state index contributed by atoms with van der Waals surface area (Å²) in [6.07, 6.45) is 6.81. The van der Waals surface area contributed by atoms with Crippen molar-refractivity contribution in [2.24, 2.45) is 5.92 Å². The molecule has 1 aromatic carbocycles. The van der Waals surface area contributed by atoms with Crippen LogP contribution in [0.2, 0.25) is 0 Å². The van der Waals surface area contributed by atoms with Crippen molar-refractivity contribution in [3.8, 4) is 5.75 Å². The number of rotatable bonds is 9. The number of alkyl halides is 2. The van der Waals surface area contributed by atoms with E-state index >= 15 is 0 Å². The van der Waals surface area contributed by atoms with E-state index in [4.69, 9.17) is 4.74 Å². The second-order valence-electron chi connectivity index (χ2n) is 7.93. The van der Waals surface area contributed by atoms with Gasteiger partial charge in [0.15, 0.2) is 0 Å². The van der Waals surface area contributed by atoms with Crippen molar-refractivity contribution in [2.45, 2.75) is 50.9 Å². The first-order valence-electron chi connectivity index (χ1n) is 10.2. The first-order chi connectivity index (χ1) is 13.4. The Balaban J connectivity index is 1.33. The molecule has 0 unspecified atom stereocenters. The molecule has 2 aliphatic rings. The molecule has 0 atom stereocenters. The molecule has 3 rings (SSSR count). The van der Waals surface area contributed by atoms with Gasteiger partial charge < -0.3 is 15.0 Å². The fourth-order valence-corrected chi connectivity index (χ4v) is 3.80. The number of nitrogens with zero attached hydrogens (tertiary/aromatic N) is 1. The van der Waals surface area contributed by atoms with Crippen molar-refractivity contribution in [2.75, 3.05) is 32.8 Å². The Bertz CT molecular complexity index is 655. The zero-order valence-corrected chi connectivity index (χ0v) is 16.2. The SMILES string of the molecule is O=C(Cc1ccc(OCCCCCC2CCNCC2)cc1F)N1CC(F)(F)C1. The number of benzene rings is 1. The Morgan fingerprint density at radius 1 is 1.18 bits per heavy atom. The molecule has 4 nitrogen and oxygen atoms in total. The molecular weight excluding hydrogens is 369 g/mol. The maximum atomic E-state index is 14.2. The van der Waals surface area contributed by atoms with Crippen molar-refractivity contribution in [1.82, 2.24) is 10.2 Å². The topological polar surface area (TPSA) is 41.6 Å². The highest BCUT2D eigenvalue weighted by Gasteiger charge is 2.46. The Hall–Kier alpha value is -1.76. The maximum absolute atomic E-state index is 14.2. The van der Waals surface area contributed by atoms with Crippen LogP contribution in [0.5, 0.6) is 5.75 Å². The summed E-state index contributed by atoms with van der Waals surface area (Å²) < 4.78 is 45.4. The van der Waals surface area contributed by atoms with Crippen LogP contribution in [-0.4, -0.2) is 49.5 Å². The third kappa shape index (κ3) is 6.12. The molecule has 0 spiro atoms. The van der Waals surface area contributed by atoms with Gasteiger partial charge in [0.2, 0.25) is 5.91 Å². The van der Waals surface area contributed by atoms with E-state index in [1.54, 1.807) is 6.07 Å². The molecule has 2 fully saturated rings. The second kappa shape index (κ2) is 9.63. The van der Waals surface area contributed by atoms with E-state index in [1.165, 1.54) is 37.8 Å². The quantitative estimate of drug-likeness (QED) is 0.644. The van der Waals surface area contributed by atoms with Crippen LogP contribution in [0.25, 0.3) is 0 Å². The summed E-state index contributed by atoms with van der Waals surface area (Å²) in [7, 11) is 0. The highest BCUT2D eigenvalue weighted by Crippen LogP contribution is 2.27. The summed E-state index contributed by atoms with van der Waals surface area (Å²) in [6.45, 7) is 1.64. The van der Waals surface area contributed by atoms with E-state index in [9.17, 15) is 18.0 Å². The number of carbonyl (C=O) groups is 1. The summed E-state index contributed by atoms with van der Waals surface area (Å²) in [5, 5.41) is 3.38. The van der Waals surface area contributed by atoms with E-state index in [0.29, 0.717) is 12.4 Å². The molecule has 0 bridgehead atoms. The summed E-state index contributed by atoms with van der Waals surface area (Å²) in [5.74, 6) is -2.55. The number of ether oxygens (including phenoxy) is 1. The van der Waals surface area contributed by atoms with E-state index in [1.807, 2.05) is 0 Å². The van der Waals surface area contributed by atoms with Crippen molar-refractivity contribution < 1.29 is 22.7 Å². The van der Waals surface area contributed by atoms with Crippen LogP contribution >= 0.6 is 0 Å². The summed E-state index contributed by atoms with van der Waals surface area (Å²) in [6, 6.07) is 4.39. The van der Waals surface area contributed by atoms with Crippen molar-refractivity contribution in [3.05, 3.63) is 29.6 Å². The molecule has 1 amide bonds. The molecule has 156 valence electrons. The molecule has 7 heteroatoms. The number of hydrogen-bond donors (Lipinski definition) is 1. The van der Waals surface area contributed by atoms with Crippen LogP contribution in [0, 0.1) is 11.7 Å². The van der Waals surface area contributed by atoms with Gasteiger partial charge in [0.1, 0.15) is 11.6 Å². The number of halogens is 3. The molecular formula is C21H29F3N2O2. The molecule has 0 radical (unpaired) electrons. The van der Waals surface area contributed by atoms with Gasteiger partial charge in [-0.2, -0.15) is 0 Å². The van der Waals surface area contributed by atoms with Gasteiger partial charge in [-0.25, -0.2) is 13.2 Å². The fraction of sp³-hybridized carbons (Fsp3) is 0.667. The Kier molecular flexibility index (Phi) is 7.21. The first kappa shape index (κ1) is 21.0. The van der Waals surface area contributed by atoms with E-state index < -0.39 is 30.7 Å². The fourth-order valence-electron chi connectivity index (χ4n) is 3.80. The minimum absolute atomic E-state index is 0.203. The lowest BCUT2D eigenvalue weighted by molar-refractivity contribution is -0.165. The normalized spacial score (nSPS) is 19.3. The maximum Gasteiger partial charge on any atom is 0.282 e. The Morgan fingerprint density at radius 2 is 1.93 bits per heavy atom. The van der Waals surface area contributed by atoms with E-state index in [2.05, 4.69) is 5.32 Å². The summed E-state index contributed by atoms with van der Waals surface area (Å²) in [4.78, 5) is 12.9. The number of amides is 1. The molecule has 1 aromatic rings. The molecule has 0 aromatic heterocycles. The minimum atomic E-state index is -2.81. The monoisotopic (exact) mass is 398 g/mol. The molecule has 0 aliphatic carbocycles. The highest BCUT2D eigenvalue weighted by molar-refractivity contribution is 5.79. The molecule has 2 aliphatic heterocycles. The minimum Gasteiger partial charge on any atom is -0.493 e. The largest absolute Gasteiger partial charge is 0.493 e. The van der Waals surface area contributed by atoms with Gasteiger partial charge in [-0.05, 0) is 49.9 Å². The smallest absolute Gasteiger partial charge is 0.282 e.